The summed E-state index contributed by atoms with van der Waals surface area (Å²) in [5.74, 6) is 2.21. The molecule has 2 bridgehead atoms. The van der Waals surface area contributed by atoms with E-state index in [1.807, 2.05) is 35.9 Å². The molecule has 2 saturated heterocycles. The average Bonchev–Trinajstić information content (AvgIpc) is 4.12. The Labute approximate surface area is 347 Å². The Kier molecular flexibility index (Phi) is 10.2. The van der Waals surface area contributed by atoms with Crippen LogP contribution in [0.3, 0.4) is 0 Å². The third kappa shape index (κ3) is 6.98. The normalized spacial score (nSPS) is 21.3. The van der Waals surface area contributed by atoms with Crippen LogP contribution in [0.4, 0.5) is 9.59 Å². The second-order valence-electron chi connectivity index (χ2n) is 16.7. The molecular weight excluding hydrogens is 765 g/mol. The number of fused-ring (bicyclic) bond motifs is 6. The Morgan fingerprint density at radius 3 is 2.38 bits per heavy atom. The Morgan fingerprint density at radius 1 is 0.833 bits per heavy atom. The van der Waals surface area contributed by atoms with Gasteiger partial charge >= 0.3 is 12.2 Å². The first-order valence-electron chi connectivity index (χ1n) is 20.8. The number of ether oxygens (including phenoxy) is 3. The number of rotatable bonds is 9. The number of carbonyl (C=O) groups excluding carboxylic acids is 4. The summed E-state index contributed by atoms with van der Waals surface area (Å²) in [4.78, 5) is 71.6. The van der Waals surface area contributed by atoms with Crippen LogP contribution in [0, 0.1) is 11.8 Å². The minimum Gasteiger partial charge on any atom is -0.488 e. The van der Waals surface area contributed by atoms with E-state index < -0.39 is 24.3 Å². The minimum absolute atomic E-state index is 0.112. The summed E-state index contributed by atoms with van der Waals surface area (Å²) in [6, 6.07) is 17.1. The first-order valence-corrected chi connectivity index (χ1v) is 20.8. The van der Waals surface area contributed by atoms with Crippen LogP contribution in [0.15, 0.2) is 60.8 Å². The zero-order valence-corrected chi connectivity index (χ0v) is 34.4. The fourth-order valence-electron chi connectivity index (χ4n) is 9.72. The predicted octanol–water partition coefficient (Wildman–Crippen LogP) is 7.02. The molecule has 2 aromatic heterocycles. The van der Waals surface area contributed by atoms with Crippen LogP contribution in [-0.2, 0) is 25.7 Å². The van der Waals surface area contributed by atoms with Gasteiger partial charge in [0, 0.05) is 18.2 Å². The number of nitrogens with one attached hydrogen (secondary N) is 4. The smallest absolute Gasteiger partial charge is 0.407 e. The SMILES string of the molecule is COC(=O)N[C@@H](C)C(=O)N1[C@@H]2CC[C@@H](C2)[C@H]1c1nc2ccc(-c3ccc4c(c3)OCc3cc(-c5cnc([C@@H]6CCCN6C(=O)[C@@H](NC(=O)OC)C(C)C)[nH]5)ccc3-4)cc2[nH]1. The van der Waals surface area contributed by atoms with Crippen molar-refractivity contribution in [2.75, 3.05) is 20.8 Å². The number of imidazole rings is 2. The Morgan fingerprint density at radius 2 is 1.58 bits per heavy atom. The summed E-state index contributed by atoms with van der Waals surface area (Å²) in [6.45, 7) is 6.49. The maximum Gasteiger partial charge on any atom is 0.407 e. The number of aromatic nitrogens is 4. The molecule has 6 atom stereocenters. The fourth-order valence-corrected chi connectivity index (χ4v) is 9.72. The lowest BCUT2D eigenvalue weighted by molar-refractivity contribution is -0.137. The van der Waals surface area contributed by atoms with E-state index in [4.69, 9.17) is 24.2 Å². The second kappa shape index (κ2) is 15.7. The average molecular weight is 815 g/mol. The van der Waals surface area contributed by atoms with E-state index in [9.17, 15) is 19.2 Å². The van der Waals surface area contributed by atoms with Gasteiger partial charge in [0.1, 0.15) is 36.1 Å². The zero-order chi connectivity index (χ0) is 41.8. The third-order valence-corrected chi connectivity index (χ3v) is 12.8. The van der Waals surface area contributed by atoms with Crippen molar-refractivity contribution in [2.45, 2.75) is 89.7 Å². The quantitative estimate of drug-likeness (QED) is 0.121. The highest BCUT2D eigenvalue weighted by Crippen LogP contribution is 2.50. The number of H-pyrrole nitrogens is 2. The lowest BCUT2D eigenvalue weighted by Gasteiger charge is -2.35. The van der Waals surface area contributed by atoms with Crippen molar-refractivity contribution in [2.24, 2.45) is 11.8 Å². The highest BCUT2D eigenvalue weighted by molar-refractivity contribution is 5.88. The number of piperidine rings is 1. The van der Waals surface area contributed by atoms with Crippen LogP contribution in [0.25, 0.3) is 44.5 Å². The number of methoxy groups -OCH3 is 2. The molecule has 1 aliphatic carbocycles. The van der Waals surface area contributed by atoms with Gasteiger partial charge in [-0.3, -0.25) is 9.59 Å². The molecule has 15 heteroatoms. The Hall–Kier alpha value is -6.38. The first-order chi connectivity index (χ1) is 29.0. The largest absolute Gasteiger partial charge is 0.488 e. The molecule has 60 heavy (non-hydrogen) atoms. The van der Waals surface area contributed by atoms with Crippen LogP contribution in [0.1, 0.15) is 82.2 Å². The number of likely N-dealkylation sites (tertiary alicyclic amines) is 2. The van der Waals surface area contributed by atoms with Crippen molar-refractivity contribution < 1.29 is 33.4 Å². The lowest BCUT2D eigenvalue weighted by Crippen LogP contribution is -2.51. The number of benzene rings is 3. The van der Waals surface area contributed by atoms with Crippen molar-refractivity contribution in [3.8, 4) is 39.3 Å². The topological polar surface area (TPSA) is 184 Å². The second-order valence-corrected chi connectivity index (χ2v) is 16.7. The summed E-state index contributed by atoms with van der Waals surface area (Å²) in [5.41, 5.74) is 8.74. The summed E-state index contributed by atoms with van der Waals surface area (Å²) in [5, 5.41) is 5.34. The van der Waals surface area contributed by atoms with E-state index in [2.05, 4.69) is 69.1 Å². The van der Waals surface area contributed by atoms with Crippen molar-refractivity contribution in [3.05, 3.63) is 78.0 Å². The van der Waals surface area contributed by atoms with E-state index in [0.717, 1.165) is 99.6 Å². The molecule has 312 valence electrons. The first kappa shape index (κ1) is 39.1. The summed E-state index contributed by atoms with van der Waals surface area (Å²) in [7, 11) is 2.58. The third-order valence-electron chi connectivity index (χ3n) is 12.8. The molecule has 1 saturated carbocycles. The molecule has 4 N–H and O–H groups in total. The maximum atomic E-state index is 13.6. The van der Waals surface area contributed by atoms with Gasteiger partial charge in [-0.2, -0.15) is 0 Å². The van der Waals surface area contributed by atoms with E-state index in [1.54, 1.807) is 6.92 Å². The van der Waals surface area contributed by atoms with Gasteiger partial charge < -0.3 is 44.6 Å². The van der Waals surface area contributed by atoms with E-state index in [1.165, 1.54) is 14.2 Å². The molecular formula is C45H50N8O7. The van der Waals surface area contributed by atoms with Gasteiger partial charge in [0.05, 0.1) is 49.2 Å². The monoisotopic (exact) mass is 814 g/mol. The molecule has 0 radical (unpaired) electrons. The molecule has 3 aliphatic heterocycles. The lowest BCUT2D eigenvalue weighted by atomic mass is 9.92. The fraction of sp³-hybridized carbons (Fsp3) is 0.422. The highest BCUT2D eigenvalue weighted by atomic mass is 16.5. The van der Waals surface area contributed by atoms with E-state index in [0.29, 0.717) is 19.1 Å². The van der Waals surface area contributed by atoms with Crippen LogP contribution in [-0.4, -0.2) is 92.6 Å². The molecule has 3 fully saturated rings. The van der Waals surface area contributed by atoms with Crippen molar-refractivity contribution >= 4 is 35.0 Å². The molecule has 5 heterocycles. The van der Waals surface area contributed by atoms with E-state index in [-0.39, 0.29) is 35.9 Å². The Bertz CT molecular complexity index is 2490. The molecule has 3 aromatic carbocycles. The van der Waals surface area contributed by atoms with Crippen LogP contribution in [0.5, 0.6) is 5.75 Å². The zero-order valence-electron chi connectivity index (χ0n) is 34.4. The number of hydrogen-bond acceptors (Lipinski definition) is 9. The van der Waals surface area contributed by atoms with Gasteiger partial charge in [0.25, 0.3) is 0 Å². The van der Waals surface area contributed by atoms with Gasteiger partial charge in [-0.25, -0.2) is 19.6 Å². The molecule has 15 nitrogen and oxygen atoms in total. The van der Waals surface area contributed by atoms with Gasteiger partial charge in [0.2, 0.25) is 11.8 Å². The highest BCUT2D eigenvalue weighted by Gasteiger charge is 2.51. The molecule has 9 rings (SSSR count). The minimum atomic E-state index is -0.711. The molecule has 4 aliphatic rings. The molecule has 0 spiro atoms. The van der Waals surface area contributed by atoms with Crippen LogP contribution >= 0.6 is 0 Å². The summed E-state index contributed by atoms with van der Waals surface area (Å²) >= 11 is 0. The number of amides is 4. The number of alkyl carbamates (subject to hydrolysis) is 2. The molecule has 0 unspecified atom stereocenters. The number of hydrogen-bond donors (Lipinski definition) is 4. The summed E-state index contributed by atoms with van der Waals surface area (Å²) < 4.78 is 15.9. The van der Waals surface area contributed by atoms with Crippen molar-refractivity contribution in [1.82, 2.24) is 40.4 Å². The number of aromatic amines is 2. The van der Waals surface area contributed by atoms with Crippen molar-refractivity contribution in [1.29, 1.82) is 0 Å². The van der Waals surface area contributed by atoms with Gasteiger partial charge in [-0.1, -0.05) is 44.2 Å². The number of nitrogens with zero attached hydrogens (tertiary/aromatic N) is 4. The maximum absolute atomic E-state index is 13.6. The molecule has 4 amide bonds. The van der Waals surface area contributed by atoms with Gasteiger partial charge in [0.15, 0.2) is 0 Å². The Balaban J connectivity index is 0.916. The predicted molar refractivity (Wildman–Crippen MR) is 222 cm³/mol. The molecule has 5 aromatic rings. The van der Waals surface area contributed by atoms with E-state index >= 15 is 0 Å². The standard InChI is InChI=1S/C45H50N8O7/c1-23(2)38(51-45(57)59-5)43(55)52-16-6-7-36(52)40-46-21-35(50-40)27-10-13-31-29(17-27)22-60-37-20-26(9-14-32(31)37)25-11-15-33-34(19-25)49-41(48-33)39-28-8-12-30(18-28)53(39)42(54)24(3)47-44(56)58-4/h9-11,13-15,17,19-21,23-24,28,30,36,38-39H,6-8,12,16,18,22H2,1-5H3,(H,46,50)(H,47,56)(H,48,49)(H,51,57)/t24-,28-,30+,36-,38-,39-/m0/s1. The van der Waals surface area contributed by atoms with Crippen LogP contribution in [0.2, 0.25) is 0 Å². The number of carbonyl (C=O) groups is 4. The van der Waals surface area contributed by atoms with Crippen molar-refractivity contribution in [3.63, 3.8) is 0 Å². The summed E-state index contributed by atoms with van der Waals surface area (Å²) in [6.07, 6.45) is 5.08. The van der Waals surface area contributed by atoms with Crippen LogP contribution < -0.4 is 15.4 Å². The van der Waals surface area contributed by atoms with Gasteiger partial charge in [-0.05, 0) is 103 Å². The van der Waals surface area contributed by atoms with Gasteiger partial charge in [-0.15, -0.1) is 0 Å².